The highest BCUT2D eigenvalue weighted by molar-refractivity contribution is 9.08. The van der Waals surface area contributed by atoms with Crippen molar-refractivity contribution in [1.82, 2.24) is 19.9 Å². The number of halogens is 7. The lowest BCUT2D eigenvalue weighted by molar-refractivity contribution is 0.111. The molecule has 0 bridgehead atoms. The van der Waals surface area contributed by atoms with Crippen molar-refractivity contribution in [3.05, 3.63) is 389 Å². The zero-order valence-corrected chi connectivity index (χ0v) is 71.2. The van der Waals surface area contributed by atoms with Crippen LogP contribution in [0.4, 0.5) is 0 Å². The number of aliphatic hydroxyl groups excluding tert-OH is 1. The van der Waals surface area contributed by atoms with Gasteiger partial charge in [-0.15, -0.1) is 0 Å². The number of ether oxygens (including phenoxy) is 7. The minimum atomic E-state index is -0.881. The van der Waals surface area contributed by atoms with E-state index in [0.717, 1.165) is 78.4 Å². The third-order valence-electron chi connectivity index (χ3n) is 17.2. The van der Waals surface area contributed by atoms with Crippen LogP contribution in [0, 0.1) is 0 Å². The van der Waals surface area contributed by atoms with E-state index in [1.165, 1.54) is 29.8 Å². The maximum Gasteiger partial charge on any atom is 0.172 e. The molecule has 11 aromatic carbocycles. The smallest absolute Gasteiger partial charge is 0.172 e. The molecule has 0 saturated carbocycles. The Hall–Kier alpha value is -12.3. The first-order valence-corrected chi connectivity index (χ1v) is 40.6. The zero-order valence-electron chi connectivity index (χ0n) is 65.1. The number of nitrogens with zero attached hydrogens (tertiary/aromatic N) is 2. The number of nitrogens with one attached hydrogen (secondary N) is 2. The second-order valence-electron chi connectivity index (χ2n) is 25.6. The molecule has 0 aliphatic rings. The first kappa shape index (κ1) is 92.5. The number of aromatic hydroxyl groups is 3. The fraction of sp³-hybridized carbons (Fsp3) is 0.116. The number of benzene rings is 11. The van der Waals surface area contributed by atoms with Gasteiger partial charge in [-0.3, -0.25) is 19.2 Å². The number of carbonyl (C=O) groups excluding carboxylic acids is 4. The van der Waals surface area contributed by atoms with E-state index in [1.54, 1.807) is 104 Å². The SMILES string of the molecule is CCOc1c(C=O)cccc1OCc1ccc(Cl)cc1.CCOc1c(OCc2ccc(Cl)cc2)cccc1C(O)c1c[nH]c2ncccc12.Clc1ccc(CBr)cc1.O=Cc1cccc(O)c1O.O=Cc1cccc(OCc2ccc(Cl)cc2)c1O.O=Cc1cccc(OCc2ccc(Cl)cc2)c1OCc1ccc(Cl)cc1.c1cnc2[nH]ccc2c1. The summed E-state index contributed by atoms with van der Waals surface area (Å²) in [5, 5.41) is 45.7. The highest BCUT2D eigenvalue weighted by Crippen LogP contribution is 2.41. The summed E-state index contributed by atoms with van der Waals surface area (Å²) in [5.74, 6) is 2.61. The normalized spacial score (nSPS) is 10.5. The predicted molar refractivity (Wildman–Crippen MR) is 480 cm³/mol. The lowest BCUT2D eigenvalue weighted by Gasteiger charge is -2.19. The van der Waals surface area contributed by atoms with Crippen LogP contribution in [0.5, 0.6) is 57.5 Å². The van der Waals surface area contributed by atoms with Gasteiger partial charge in [0.15, 0.2) is 82.6 Å². The van der Waals surface area contributed by atoms with Gasteiger partial charge < -0.3 is 63.6 Å². The van der Waals surface area contributed by atoms with E-state index in [1.807, 2.05) is 178 Å². The Morgan fingerprint density at radius 2 is 0.711 bits per heavy atom. The summed E-state index contributed by atoms with van der Waals surface area (Å²) in [6, 6.07) is 79.4. The van der Waals surface area contributed by atoms with E-state index < -0.39 is 6.10 Å². The highest BCUT2D eigenvalue weighted by Gasteiger charge is 2.23. The minimum absolute atomic E-state index is 0.0972. The molecule has 0 radical (unpaired) electrons. The second-order valence-corrected chi connectivity index (χ2v) is 28.8. The van der Waals surface area contributed by atoms with Gasteiger partial charge in [0.05, 0.1) is 35.5 Å². The summed E-state index contributed by atoms with van der Waals surface area (Å²) in [4.78, 5) is 57.7. The van der Waals surface area contributed by atoms with Crippen LogP contribution in [0.1, 0.15) is 106 Å². The number of hydrogen-bond donors (Lipinski definition) is 6. The molecule has 4 aromatic heterocycles. The standard InChI is InChI=1S/C23H21ClN2O3.C21H16Cl2O3.C16H15ClO3.C14H11ClO3.C7H6BrCl.C7H6N2.C7H6O3/c1-2-28-22-18(21(27)19-13-26-23-17(19)6-4-12-25-23)5-3-7-20(22)29-14-15-8-10-16(24)11-9-15;22-18-8-4-15(5-9-18)13-25-20-3-1-2-17(12-24)21(20)26-14-16-6-10-19(23)11-7-16;1-2-19-16-13(10-18)4-3-5-15(16)20-11-12-6-8-14(17)9-7-12;15-12-6-4-10(5-7-12)9-18-13-3-1-2-11(8-16)14(13)17;8-5-6-1-3-7(9)4-2-6;1-2-6-3-5-9-7(6)8-4-1;8-4-5-2-1-3-6(9)7(5)10/h3-13,21,27H,2,14H2,1H3,(H,25,26);1-12H,13-14H2;3-10H,2,11H2,1H3;1-8,17H,9H2;1-4H,5H2;1-5H,(H,8,9);1-4,9-10H. The van der Waals surface area contributed by atoms with Crippen LogP contribution in [0.3, 0.4) is 0 Å². The molecule has 0 saturated heterocycles. The Morgan fingerprint density at radius 1 is 0.355 bits per heavy atom. The van der Waals surface area contributed by atoms with Crippen molar-refractivity contribution in [2.75, 3.05) is 13.2 Å². The Morgan fingerprint density at radius 3 is 1.13 bits per heavy atom. The van der Waals surface area contributed by atoms with Crippen molar-refractivity contribution in [2.45, 2.75) is 58.3 Å². The molecule has 1 atom stereocenters. The number of aliphatic hydroxyl groups is 1. The molecule has 0 amide bonds. The fourth-order valence-corrected chi connectivity index (χ4v) is 12.1. The maximum atomic E-state index is 11.4. The van der Waals surface area contributed by atoms with Crippen molar-refractivity contribution in [3.8, 4) is 57.5 Å². The van der Waals surface area contributed by atoms with Crippen LogP contribution in [-0.4, -0.2) is 78.7 Å². The van der Waals surface area contributed by atoms with Crippen molar-refractivity contribution in [1.29, 1.82) is 0 Å². The fourth-order valence-electron chi connectivity index (χ4n) is 11.0. The van der Waals surface area contributed by atoms with Crippen molar-refractivity contribution in [2.24, 2.45) is 0 Å². The number of rotatable bonds is 26. The molecule has 19 nitrogen and oxygen atoms in total. The molecule has 620 valence electrons. The molecule has 0 aliphatic carbocycles. The minimum Gasteiger partial charge on any atom is -0.504 e. The molecule has 0 spiro atoms. The molecule has 0 aliphatic heterocycles. The van der Waals surface area contributed by atoms with Crippen LogP contribution in [0.15, 0.2) is 292 Å². The van der Waals surface area contributed by atoms with Gasteiger partial charge in [-0.25, -0.2) is 9.97 Å². The number of fused-ring (bicyclic) bond motifs is 2. The van der Waals surface area contributed by atoms with Crippen LogP contribution in [0.2, 0.25) is 30.1 Å². The Bertz CT molecular complexity index is 5720. The summed E-state index contributed by atoms with van der Waals surface area (Å²) < 4.78 is 40.3. The molecule has 1 unspecified atom stereocenters. The topological polar surface area (TPSA) is 271 Å². The number of pyridine rings is 2. The lowest BCUT2D eigenvalue weighted by Crippen LogP contribution is -2.06. The van der Waals surface area contributed by atoms with Gasteiger partial charge >= 0.3 is 0 Å². The molecule has 4 heterocycles. The molecular formula is C95H81BrCl6N4O15. The van der Waals surface area contributed by atoms with E-state index in [9.17, 15) is 29.4 Å². The van der Waals surface area contributed by atoms with Crippen LogP contribution >= 0.6 is 85.5 Å². The van der Waals surface area contributed by atoms with Gasteiger partial charge in [-0.2, -0.15) is 0 Å². The number of alkyl halides is 1. The molecular weight excluding hydrogens is 1730 g/mol. The first-order valence-electron chi connectivity index (χ1n) is 37.3. The Kier molecular flexibility index (Phi) is 37.7. The highest BCUT2D eigenvalue weighted by atomic mass is 79.9. The van der Waals surface area contributed by atoms with Gasteiger partial charge in [-0.1, -0.05) is 195 Å². The number of phenols is 3. The lowest BCUT2D eigenvalue weighted by atomic mass is 10.0. The molecule has 15 aromatic rings. The number of carbonyl (C=O) groups is 4. The summed E-state index contributed by atoms with van der Waals surface area (Å²) in [7, 11) is 0. The monoisotopic (exact) mass is 1810 g/mol. The summed E-state index contributed by atoms with van der Waals surface area (Å²) >= 11 is 38.3. The summed E-state index contributed by atoms with van der Waals surface area (Å²) in [6.45, 7) is 6.40. The van der Waals surface area contributed by atoms with Gasteiger partial charge in [0.2, 0.25) is 0 Å². The molecule has 6 N–H and O–H groups in total. The molecule has 26 heteroatoms. The molecule has 0 fully saturated rings. The summed E-state index contributed by atoms with van der Waals surface area (Å²) in [5.41, 5.74) is 10.4. The zero-order chi connectivity index (χ0) is 86.3. The quantitative estimate of drug-likeness (QED) is 0.0167. The van der Waals surface area contributed by atoms with Crippen LogP contribution < -0.4 is 33.2 Å². The van der Waals surface area contributed by atoms with Crippen LogP contribution in [0.25, 0.3) is 22.1 Å². The number of phenolic OH excluding ortho intramolecular Hbond substituents is 3. The number of H-pyrrole nitrogens is 2. The van der Waals surface area contributed by atoms with Gasteiger partial charge in [0, 0.05) is 82.2 Å². The molecule has 121 heavy (non-hydrogen) atoms. The maximum absolute atomic E-state index is 11.4. The predicted octanol–water partition coefficient (Wildman–Crippen LogP) is 24.5. The Labute approximate surface area is 737 Å². The number of aromatic amines is 2. The van der Waals surface area contributed by atoms with E-state index in [2.05, 4.69) is 35.9 Å². The van der Waals surface area contributed by atoms with Gasteiger partial charge in [0.25, 0.3) is 0 Å². The summed E-state index contributed by atoms with van der Waals surface area (Å²) in [6.07, 6.45) is 8.86. The van der Waals surface area contributed by atoms with E-state index in [-0.39, 0.29) is 34.1 Å². The number of aromatic nitrogens is 4. The number of para-hydroxylation sites is 5. The second kappa shape index (κ2) is 49.3. The van der Waals surface area contributed by atoms with Crippen LogP contribution in [-0.2, 0) is 38.4 Å². The van der Waals surface area contributed by atoms with E-state index >= 15 is 0 Å². The van der Waals surface area contributed by atoms with E-state index in [4.69, 9.17) is 113 Å². The third kappa shape index (κ3) is 29.0. The number of aldehydes is 4. The Balaban J connectivity index is 0.000000167. The van der Waals surface area contributed by atoms with Crippen molar-refractivity contribution in [3.63, 3.8) is 0 Å². The van der Waals surface area contributed by atoms with Gasteiger partial charge in [-0.05, 0) is 205 Å². The van der Waals surface area contributed by atoms with E-state index in [0.29, 0.717) is 135 Å². The van der Waals surface area contributed by atoms with Gasteiger partial charge in [0.1, 0.15) is 50.4 Å². The van der Waals surface area contributed by atoms with Crippen molar-refractivity contribution < 1.29 is 72.8 Å². The largest absolute Gasteiger partial charge is 0.504 e. The average molecular weight is 1810 g/mol. The molecule has 15 rings (SSSR count). The first-order chi connectivity index (χ1) is 58.8. The van der Waals surface area contributed by atoms with Crippen molar-refractivity contribution >= 4 is 133 Å². The average Bonchev–Trinajstić information content (AvgIpc) is 1.65. The number of hydrogen-bond acceptors (Lipinski definition) is 17. The third-order valence-corrected chi connectivity index (χ3v) is 19.3.